The van der Waals surface area contributed by atoms with Crippen LogP contribution in [0.1, 0.15) is 45.4 Å². The average molecular weight is 300 g/mol. The summed E-state index contributed by atoms with van der Waals surface area (Å²) in [7, 11) is 0. The Hall–Kier alpha value is -0.0500. The van der Waals surface area contributed by atoms with E-state index in [1.165, 1.54) is 38.5 Å². The van der Waals surface area contributed by atoms with Gasteiger partial charge in [0.15, 0.2) is 0 Å². The molecule has 0 aromatic rings. The molecule has 4 rings (SSSR count). The van der Waals surface area contributed by atoms with Gasteiger partial charge < -0.3 is 5.32 Å². The van der Waals surface area contributed by atoms with Crippen molar-refractivity contribution < 1.29 is 4.79 Å². The van der Waals surface area contributed by atoms with Gasteiger partial charge in [0.2, 0.25) is 5.91 Å². The SMILES string of the molecule is C[C@H](NC(=O)CBr)C12CC3CC(CC(C3)C1)C2. The van der Waals surface area contributed by atoms with Gasteiger partial charge >= 0.3 is 0 Å². The van der Waals surface area contributed by atoms with Gasteiger partial charge in [0.25, 0.3) is 0 Å². The lowest BCUT2D eigenvalue weighted by atomic mass is 9.48. The van der Waals surface area contributed by atoms with Gasteiger partial charge in [-0.3, -0.25) is 4.79 Å². The third kappa shape index (κ3) is 2.05. The number of alkyl halides is 1. The van der Waals surface area contributed by atoms with E-state index < -0.39 is 0 Å². The molecule has 17 heavy (non-hydrogen) atoms. The van der Waals surface area contributed by atoms with E-state index in [2.05, 4.69) is 28.2 Å². The second-order valence-electron chi connectivity index (χ2n) is 6.70. The Labute approximate surface area is 112 Å². The molecular weight excluding hydrogens is 278 g/mol. The molecule has 3 heteroatoms. The summed E-state index contributed by atoms with van der Waals surface area (Å²) in [6.07, 6.45) is 8.50. The molecule has 0 aliphatic heterocycles. The van der Waals surface area contributed by atoms with E-state index in [1.54, 1.807) is 0 Å². The summed E-state index contributed by atoms with van der Waals surface area (Å²) in [6.45, 7) is 2.23. The number of amides is 1. The van der Waals surface area contributed by atoms with Gasteiger partial charge in [-0.15, -0.1) is 0 Å². The van der Waals surface area contributed by atoms with E-state index in [0.29, 0.717) is 16.8 Å². The number of hydrogen-bond acceptors (Lipinski definition) is 1. The van der Waals surface area contributed by atoms with E-state index in [1.807, 2.05) is 0 Å². The summed E-state index contributed by atoms with van der Waals surface area (Å²) in [4.78, 5) is 11.6. The molecule has 0 spiro atoms. The summed E-state index contributed by atoms with van der Waals surface area (Å²) in [5.41, 5.74) is 0.437. The maximum Gasteiger partial charge on any atom is 0.230 e. The number of halogens is 1. The van der Waals surface area contributed by atoms with E-state index in [0.717, 1.165) is 17.8 Å². The van der Waals surface area contributed by atoms with Crippen LogP contribution in [0.25, 0.3) is 0 Å². The van der Waals surface area contributed by atoms with Crippen molar-refractivity contribution in [1.82, 2.24) is 5.32 Å². The molecule has 0 aromatic carbocycles. The summed E-state index contributed by atoms with van der Waals surface area (Å²) in [5.74, 6) is 3.03. The van der Waals surface area contributed by atoms with Crippen molar-refractivity contribution in [2.24, 2.45) is 23.2 Å². The fourth-order valence-electron chi connectivity index (χ4n) is 5.14. The first-order chi connectivity index (χ1) is 8.11. The third-order valence-electron chi connectivity index (χ3n) is 5.50. The summed E-state index contributed by atoms with van der Waals surface area (Å²) >= 11 is 3.24. The molecule has 0 aromatic heterocycles. The summed E-state index contributed by atoms with van der Waals surface area (Å²) in [5, 5.41) is 3.63. The van der Waals surface area contributed by atoms with Crippen molar-refractivity contribution in [2.45, 2.75) is 51.5 Å². The molecule has 4 saturated carbocycles. The predicted octanol–water partition coefficient (Wildman–Crippen LogP) is 3.10. The van der Waals surface area contributed by atoms with Crippen molar-refractivity contribution in [2.75, 3.05) is 5.33 Å². The van der Waals surface area contributed by atoms with Crippen LogP contribution in [0.5, 0.6) is 0 Å². The smallest absolute Gasteiger partial charge is 0.230 e. The van der Waals surface area contributed by atoms with Gasteiger partial charge in [0.05, 0.1) is 5.33 Å². The second kappa shape index (κ2) is 4.25. The van der Waals surface area contributed by atoms with E-state index >= 15 is 0 Å². The molecule has 1 N–H and O–H groups in total. The first kappa shape index (κ1) is 12.0. The zero-order chi connectivity index (χ0) is 12.0. The van der Waals surface area contributed by atoms with Gasteiger partial charge in [0.1, 0.15) is 0 Å². The first-order valence-electron chi connectivity index (χ1n) is 6.96. The molecular formula is C14H22BrNO. The van der Waals surface area contributed by atoms with Gasteiger partial charge in [-0.05, 0) is 68.6 Å². The minimum atomic E-state index is 0.147. The lowest BCUT2D eigenvalue weighted by Gasteiger charge is -2.59. The van der Waals surface area contributed by atoms with Gasteiger partial charge in [-0.1, -0.05) is 15.9 Å². The monoisotopic (exact) mass is 299 g/mol. The van der Waals surface area contributed by atoms with Crippen LogP contribution < -0.4 is 5.32 Å². The van der Waals surface area contributed by atoms with Gasteiger partial charge in [0, 0.05) is 6.04 Å². The van der Waals surface area contributed by atoms with Crippen LogP contribution in [0, 0.1) is 23.2 Å². The summed E-state index contributed by atoms with van der Waals surface area (Å²) in [6, 6.07) is 0.362. The molecule has 0 saturated heterocycles. The minimum absolute atomic E-state index is 0.147. The zero-order valence-electron chi connectivity index (χ0n) is 10.5. The molecule has 0 heterocycles. The highest BCUT2D eigenvalue weighted by Crippen LogP contribution is 2.61. The third-order valence-corrected chi connectivity index (χ3v) is 6.01. The van der Waals surface area contributed by atoms with E-state index in [4.69, 9.17) is 0 Å². The zero-order valence-corrected chi connectivity index (χ0v) is 12.1. The largest absolute Gasteiger partial charge is 0.352 e. The topological polar surface area (TPSA) is 29.1 Å². The predicted molar refractivity (Wildman–Crippen MR) is 72.0 cm³/mol. The summed E-state index contributed by atoms with van der Waals surface area (Å²) < 4.78 is 0. The lowest BCUT2D eigenvalue weighted by molar-refractivity contribution is -0.123. The highest BCUT2D eigenvalue weighted by Gasteiger charge is 2.53. The van der Waals surface area contributed by atoms with Crippen LogP contribution in [0.3, 0.4) is 0 Å². The number of carbonyl (C=O) groups excluding carboxylic acids is 1. The second-order valence-corrected chi connectivity index (χ2v) is 7.26. The van der Waals surface area contributed by atoms with Crippen LogP contribution in [0.4, 0.5) is 0 Å². The highest BCUT2D eigenvalue weighted by atomic mass is 79.9. The van der Waals surface area contributed by atoms with Crippen LogP contribution in [-0.4, -0.2) is 17.3 Å². The fourth-order valence-corrected chi connectivity index (χ4v) is 5.30. The van der Waals surface area contributed by atoms with E-state index in [-0.39, 0.29) is 5.91 Å². The van der Waals surface area contributed by atoms with Crippen molar-refractivity contribution in [3.05, 3.63) is 0 Å². The van der Waals surface area contributed by atoms with Gasteiger partial charge in [-0.2, -0.15) is 0 Å². The molecule has 2 nitrogen and oxygen atoms in total. The lowest BCUT2D eigenvalue weighted by Crippen LogP contribution is -2.56. The molecule has 1 atom stereocenters. The standard InChI is InChI=1S/C14H22BrNO/c1-9(16-13(17)8-15)14-5-10-2-11(6-14)4-12(3-10)7-14/h9-12H,2-8H2,1H3,(H,16,17)/t9-,10?,11?,12?,14?/m0/s1. The number of rotatable bonds is 3. The normalized spacial score (nSPS) is 44.7. The molecule has 4 aliphatic rings. The van der Waals surface area contributed by atoms with Crippen molar-refractivity contribution in [1.29, 1.82) is 0 Å². The highest BCUT2D eigenvalue weighted by molar-refractivity contribution is 9.09. The molecule has 4 fully saturated rings. The Morgan fingerprint density at radius 1 is 1.24 bits per heavy atom. The maximum absolute atomic E-state index is 11.6. The quantitative estimate of drug-likeness (QED) is 0.797. The number of nitrogens with one attached hydrogen (secondary N) is 1. The van der Waals surface area contributed by atoms with E-state index in [9.17, 15) is 4.79 Å². The Kier molecular flexibility index (Phi) is 3.00. The van der Waals surface area contributed by atoms with Gasteiger partial charge in [-0.25, -0.2) is 0 Å². The molecule has 1 amide bonds. The Morgan fingerprint density at radius 2 is 1.71 bits per heavy atom. The van der Waals surface area contributed by atoms with Crippen molar-refractivity contribution in [3.8, 4) is 0 Å². The molecule has 0 unspecified atom stereocenters. The Morgan fingerprint density at radius 3 is 2.12 bits per heavy atom. The molecule has 4 bridgehead atoms. The number of carbonyl (C=O) groups is 1. The van der Waals surface area contributed by atoms with Crippen LogP contribution in [0.2, 0.25) is 0 Å². The maximum atomic E-state index is 11.6. The Bertz CT molecular complexity index is 293. The van der Waals surface area contributed by atoms with Crippen LogP contribution in [0.15, 0.2) is 0 Å². The van der Waals surface area contributed by atoms with Crippen molar-refractivity contribution >= 4 is 21.8 Å². The number of hydrogen-bond donors (Lipinski definition) is 1. The molecule has 4 aliphatic carbocycles. The molecule has 0 radical (unpaired) electrons. The molecule has 96 valence electrons. The van der Waals surface area contributed by atoms with Crippen LogP contribution >= 0.6 is 15.9 Å². The first-order valence-corrected chi connectivity index (χ1v) is 8.09. The Balaban J connectivity index is 1.75. The van der Waals surface area contributed by atoms with Crippen LogP contribution in [-0.2, 0) is 4.79 Å². The minimum Gasteiger partial charge on any atom is -0.352 e. The average Bonchev–Trinajstić information content (AvgIpc) is 2.26. The fraction of sp³-hybridized carbons (Fsp3) is 0.929. The van der Waals surface area contributed by atoms with Crippen molar-refractivity contribution in [3.63, 3.8) is 0 Å².